The quantitative estimate of drug-likeness (QED) is 0.398. The standard InChI is InChI=1S/C17H19N3O6/c1-22-14-9-15(23-2)19-17(18-14)26-10-13(20-25-4)11-7-5-6-8-12(11)16(21)24-3/h5-9H,10H2,1-4H3. The Morgan fingerprint density at radius 1 is 1.00 bits per heavy atom. The number of ether oxygens (including phenoxy) is 4. The molecule has 0 saturated carbocycles. The predicted molar refractivity (Wildman–Crippen MR) is 92.0 cm³/mol. The second-order valence-electron chi connectivity index (χ2n) is 4.78. The molecular formula is C17H19N3O6. The molecule has 0 bridgehead atoms. The maximum atomic E-state index is 12.0. The fourth-order valence-electron chi connectivity index (χ4n) is 2.08. The predicted octanol–water partition coefficient (Wildman–Crippen LogP) is 1.71. The Labute approximate surface area is 150 Å². The fraction of sp³-hybridized carbons (Fsp3) is 0.294. The van der Waals surface area contributed by atoms with Crippen LogP contribution in [0.25, 0.3) is 0 Å². The number of oxime groups is 1. The van der Waals surface area contributed by atoms with E-state index in [1.165, 1.54) is 34.5 Å². The number of rotatable bonds is 8. The molecule has 0 unspecified atom stereocenters. The van der Waals surface area contributed by atoms with Crippen molar-refractivity contribution < 1.29 is 28.6 Å². The Hall–Kier alpha value is -3.36. The number of carbonyl (C=O) groups is 1. The molecule has 26 heavy (non-hydrogen) atoms. The molecule has 0 amide bonds. The van der Waals surface area contributed by atoms with Gasteiger partial charge in [0.1, 0.15) is 19.4 Å². The zero-order valence-corrected chi connectivity index (χ0v) is 14.9. The number of hydrogen-bond acceptors (Lipinski definition) is 9. The van der Waals surface area contributed by atoms with Crippen LogP contribution in [0, 0.1) is 0 Å². The average Bonchev–Trinajstić information content (AvgIpc) is 2.70. The van der Waals surface area contributed by atoms with Gasteiger partial charge in [-0.2, -0.15) is 9.97 Å². The first-order valence-electron chi connectivity index (χ1n) is 7.50. The summed E-state index contributed by atoms with van der Waals surface area (Å²) in [6.45, 7) is -0.0574. The maximum Gasteiger partial charge on any atom is 0.338 e. The van der Waals surface area contributed by atoms with Gasteiger partial charge in [-0.05, 0) is 6.07 Å². The molecular weight excluding hydrogens is 342 g/mol. The lowest BCUT2D eigenvalue weighted by atomic mass is 10.0. The average molecular weight is 361 g/mol. The highest BCUT2D eigenvalue weighted by Crippen LogP contribution is 2.19. The van der Waals surface area contributed by atoms with Crippen LogP contribution in [0.2, 0.25) is 0 Å². The third-order valence-corrected chi connectivity index (χ3v) is 3.26. The van der Waals surface area contributed by atoms with Crippen molar-refractivity contribution in [3.05, 3.63) is 41.5 Å². The molecule has 0 fully saturated rings. The number of benzene rings is 1. The molecule has 9 nitrogen and oxygen atoms in total. The van der Waals surface area contributed by atoms with Crippen LogP contribution in [0.4, 0.5) is 0 Å². The van der Waals surface area contributed by atoms with E-state index in [0.29, 0.717) is 16.8 Å². The number of nitrogens with zero attached hydrogens (tertiary/aromatic N) is 3. The van der Waals surface area contributed by atoms with E-state index in [-0.39, 0.29) is 24.4 Å². The lowest BCUT2D eigenvalue weighted by Crippen LogP contribution is -2.18. The van der Waals surface area contributed by atoms with Gasteiger partial charge < -0.3 is 23.8 Å². The zero-order valence-electron chi connectivity index (χ0n) is 14.9. The summed E-state index contributed by atoms with van der Waals surface area (Å²) in [5.74, 6) is 0.0720. The van der Waals surface area contributed by atoms with E-state index in [1.807, 2.05) is 0 Å². The molecule has 9 heteroatoms. The molecule has 1 aromatic carbocycles. The first kappa shape index (κ1) is 19.0. The van der Waals surface area contributed by atoms with E-state index < -0.39 is 5.97 Å². The van der Waals surface area contributed by atoms with Crippen LogP contribution in [0.3, 0.4) is 0 Å². The van der Waals surface area contributed by atoms with Crippen LogP contribution in [0.15, 0.2) is 35.5 Å². The van der Waals surface area contributed by atoms with Crippen LogP contribution in [-0.4, -0.2) is 56.7 Å². The van der Waals surface area contributed by atoms with E-state index in [0.717, 1.165) is 0 Å². The molecule has 0 N–H and O–H groups in total. The molecule has 0 radical (unpaired) electrons. The topological polar surface area (TPSA) is 101 Å². The highest BCUT2D eigenvalue weighted by atomic mass is 16.6. The lowest BCUT2D eigenvalue weighted by molar-refractivity contribution is 0.0600. The molecule has 1 heterocycles. The minimum atomic E-state index is -0.497. The lowest BCUT2D eigenvalue weighted by Gasteiger charge is -2.11. The van der Waals surface area contributed by atoms with Gasteiger partial charge in [0.15, 0.2) is 0 Å². The minimum Gasteiger partial charge on any atom is -0.481 e. The van der Waals surface area contributed by atoms with E-state index in [9.17, 15) is 4.79 Å². The van der Waals surface area contributed by atoms with Gasteiger partial charge >= 0.3 is 12.0 Å². The van der Waals surface area contributed by atoms with Gasteiger partial charge in [0, 0.05) is 5.56 Å². The summed E-state index contributed by atoms with van der Waals surface area (Å²) >= 11 is 0. The number of aromatic nitrogens is 2. The zero-order chi connectivity index (χ0) is 18.9. The van der Waals surface area contributed by atoms with Gasteiger partial charge in [0.05, 0.1) is 33.0 Å². The highest BCUT2D eigenvalue weighted by Gasteiger charge is 2.18. The Kier molecular flexibility index (Phi) is 6.72. The minimum absolute atomic E-state index is 0.0283. The van der Waals surface area contributed by atoms with Gasteiger partial charge in [-0.3, -0.25) is 0 Å². The Morgan fingerprint density at radius 3 is 2.15 bits per heavy atom. The molecule has 0 saturated heterocycles. The summed E-state index contributed by atoms with van der Waals surface area (Å²) in [5, 5.41) is 3.94. The fourth-order valence-corrected chi connectivity index (χ4v) is 2.08. The van der Waals surface area contributed by atoms with E-state index >= 15 is 0 Å². The second-order valence-corrected chi connectivity index (χ2v) is 4.78. The molecule has 0 aliphatic rings. The van der Waals surface area contributed by atoms with Crippen LogP contribution in [0.5, 0.6) is 17.8 Å². The van der Waals surface area contributed by atoms with Crippen LogP contribution >= 0.6 is 0 Å². The van der Waals surface area contributed by atoms with Crippen molar-refractivity contribution in [3.8, 4) is 17.8 Å². The van der Waals surface area contributed by atoms with Crippen molar-refractivity contribution in [1.82, 2.24) is 9.97 Å². The summed E-state index contributed by atoms with van der Waals surface area (Å²) in [4.78, 5) is 25.0. The van der Waals surface area contributed by atoms with Gasteiger partial charge in [-0.15, -0.1) is 0 Å². The third-order valence-electron chi connectivity index (χ3n) is 3.26. The molecule has 2 rings (SSSR count). The first-order valence-corrected chi connectivity index (χ1v) is 7.50. The summed E-state index contributed by atoms with van der Waals surface area (Å²) < 4.78 is 20.5. The second kappa shape index (κ2) is 9.21. The number of hydrogen-bond donors (Lipinski definition) is 0. The smallest absolute Gasteiger partial charge is 0.338 e. The van der Waals surface area contributed by atoms with Crippen molar-refractivity contribution in [2.75, 3.05) is 35.0 Å². The van der Waals surface area contributed by atoms with Crippen LogP contribution in [-0.2, 0) is 9.57 Å². The van der Waals surface area contributed by atoms with Gasteiger partial charge in [-0.1, -0.05) is 23.4 Å². The molecule has 0 aliphatic heterocycles. The highest BCUT2D eigenvalue weighted by molar-refractivity contribution is 6.09. The van der Waals surface area contributed by atoms with Crippen LogP contribution < -0.4 is 14.2 Å². The van der Waals surface area contributed by atoms with E-state index in [1.54, 1.807) is 24.3 Å². The van der Waals surface area contributed by atoms with Crippen molar-refractivity contribution in [2.24, 2.45) is 5.16 Å². The Balaban J connectivity index is 2.28. The van der Waals surface area contributed by atoms with Crippen molar-refractivity contribution in [1.29, 1.82) is 0 Å². The molecule has 0 atom stereocenters. The molecule has 0 spiro atoms. The van der Waals surface area contributed by atoms with Gasteiger partial charge in [0.2, 0.25) is 11.8 Å². The summed E-state index contributed by atoms with van der Waals surface area (Å²) in [7, 11) is 5.64. The van der Waals surface area contributed by atoms with Crippen LogP contribution in [0.1, 0.15) is 15.9 Å². The van der Waals surface area contributed by atoms with E-state index in [2.05, 4.69) is 15.1 Å². The summed E-state index contributed by atoms with van der Waals surface area (Å²) in [5.41, 5.74) is 1.20. The first-order chi connectivity index (χ1) is 12.6. The van der Waals surface area contributed by atoms with Gasteiger partial charge in [0.25, 0.3) is 0 Å². The SMILES string of the molecule is CON=C(COc1nc(OC)cc(OC)n1)c1ccccc1C(=O)OC. The third kappa shape index (κ3) is 4.59. The normalized spacial score (nSPS) is 10.8. The molecule has 1 aromatic heterocycles. The summed E-state index contributed by atoms with van der Waals surface area (Å²) in [6, 6.07) is 8.36. The van der Waals surface area contributed by atoms with Gasteiger partial charge in [-0.25, -0.2) is 4.79 Å². The monoisotopic (exact) mass is 361 g/mol. The molecule has 138 valence electrons. The summed E-state index contributed by atoms with van der Waals surface area (Å²) in [6.07, 6.45) is 0. The maximum absolute atomic E-state index is 12.0. The van der Waals surface area contributed by atoms with E-state index in [4.69, 9.17) is 23.8 Å². The van der Waals surface area contributed by atoms with Crippen molar-refractivity contribution in [3.63, 3.8) is 0 Å². The Morgan fingerprint density at radius 2 is 1.62 bits per heavy atom. The molecule has 2 aromatic rings. The Bertz CT molecular complexity index is 772. The molecule has 0 aliphatic carbocycles. The number of esters is 1. The number of carbonyl (C=O) groups excluding carboxylic acids is 1. The van der Waals surface area contributed by atoms with Crippen molar-refractivity contribution in [2.45, 2.75) is 0 Å². The largest absolute Gasteiger partial charge is 0.481 e. The number of methoxy groups -OCH3 is 3. The van der Waals surface area contributed by atoms with Crippen molar-refractivity contribution >= 4 is 11.7 Å².